The maximum absolute atomic E-state index is 13.4. The number of hydrogen-bond acceptors (Lipinski definition) is 2. The van der Waals surface area contributed by atoms with E-state index in [4.69, 9.17) is 0 Å². The van der Waals surface area contributed by atoms with Crippen LogP contribution in [0.1, 0.15) is 49.1 Å². The molecule has 5 rings (SSSR count). The van der Waals surface area contributed by atoms with Crippen molar-refractivity contribution in [1.82, 2.24) is 10.2 Å². The van der Waals surface area contributed by atoms with E-state index in [1.807, 2.05) is 6.07 Å². The van der Waals surface area contributed by atoms with Gasteiger partial charge in [-0.3, -0.25) is 4.79 Å². The highest BCUT2D eigenvalue weighted by molar-refractivity contribution is 5.91. The summed E-state index contributed by atoms with van der Waals surface area (Å²) >= 11 is 0. The average Bonchev–Trinajstić information content (AvgIpc) is 3.58. The van der Waals surface area contributed by atoms with Gasteiger partial charge in [-0.05, 0) is 55.2 Å². The van der Waals surface area contributed by atoms with Crippen molar-refractivity contribution in [3.8, 4) is 0 Å². The van der Waals surface area contributed by atoms with E-state index in [-0.39, 0.29) is 5.41 Å². The normalized spacial score (nSPS) is 25.4. The van der Waals surface area contributed by atoms with Crippen molar-refractivity contribution in [2.75, 3.05) is 26.2 Å². The Labute approximate surface area is 168 Å². The Morgan fingerprint density at radius 2 is 1.50 bits per heavy atom. The monoisotopic (exact) mass is 374 g/mol. The van der Waals surface area contributed by atoms with Crippen LogP contribution in [-0.2, 0) is 10.2 Å². The molecule has 0 radical (unpaired) electrons. The second-order valence-corrected chi connectivity index (χ2v) is 9.02. The van der Waals surface area contributed by atoms with Gasteiger partial charge in [-0.2, -0.15) is 0 Å². The summed E-state index contributed by atoms with van der Waals surface area (Å²) in [6.07, 6.45) is 5.50. The van der Waals surface area contributed by atoms with E-state index >= 15 is 0 Å². The Bertz CT molecular complexity index is 820. The number of likely N-dealkylation sites (tertiary alicyclic amines) is 1. The molecule has 146 valence electrons. The van der Waals surface area contributed by atoms with Crippen LogP contribution in [0.5, 0.6) is 0 Å². The highest BCUT2D eigenvalue weighted by Crippen LogP contribution is 2.52. The van der Waals surface area contributed by atoms with Gasteiger partial charge < -0.3 is 10.2 Å². The Kier molecular flexibility index (Phi) is 4.51. The molecule has 28 heavy (non-hydrogen) atoms. The standard InChI is InChI=1S/C25H30N2O/c28-23(25(11-12-25)21-9-5-2-6-10-21)27-17-14-24(15-18-27)13-16-26-19-22(24)20-7-3-1-4-8-20/h1-10,22,26H,11-19H2/t22-/m0/s1. The van der Waals surface area contributed by atoms with Gasteiger partial charge in [-0.1, -0.05) is 60.7 Å². The van der Waals surface area contributed by atoms with Gasteiger partial charge in [0.15, 0.2) is 0 Å². The van der Waals surface area contributed by atoms with Crippen molar-refractivity contribution >= 4 is 5.91 Å². The fourth-order valence-corrected chi connectivity index (χ4v) is 5.70. The number of amides is 1. The van der Waals surface area contributed by atoms with E-state index in [1.54, 1.807) is 0 Å². The lowest BCUT2D eigenvalue weighted by molar-refractivity contribution is -0.137. The van der Waals surface area contributed by atoms with Crippen molar-refractivity contribution < 1.29 is 4.79 Å². The van der Waals surface area contributed by atoms with Crippen LogP contribution < -0.4 is 5.32 Å². The molecule has 1 atom stereocenters. The van der Waals surface area contributed by atoms with Crippen LogP contribution in [0.15, 0.2) is 60.7 Å². The molecule has 1 amide bonds. The van der Waals surface area contributed by atoms with Crippen LogP contribution in [0, 0.1) is 5.41 Å². The molecule has 1 spiro atoms. The molecule has 1 N–H and O–H groups in total. The molecule has 2 heterocycles. The first-order valence-corrected chi connectivity index (χ1v) is 10.8. The summed E-state index contributed by atoms with van der Waals surface area (Å²) in [6.45, 7) is 3.99. The van der Waals surface area contributed by atoms with Gasteiger partial charge in [0.25, 0.3) is 0 Å². The van der Waals surface area contributed by atoms with Gasteiger partial charge in [0.2, 0.25) is 5.91 Å². The van der Waals surface area contributed by atoms with Gasteiger partial charge in [0.05, 0.1) is 5.41 Å². The number of carbonyl (C=O) groups is 1. The van der Waals surface area contributed by atoms with E-state index in [2.05, 4.69) is 64.8 Å². The zero-order chi connectivity index (χ0) is 19.0. The average molecular weight is 375 g/mol. The predicted molar refractivity (Wildman–Crippen MR) is 112 cm³/mol. The third kappa shape index (κ3) is 2.97. The number of benzene rings is 2. The molecule has 3 nitrogen and oxygen atoms in total. The Morgan fingerprint density at radius 3 is 2.14 bits per heavy atom. The van der Waals surface area contributed by atoms with Gasteiger partial charge in [-0.15, -0.1) is 0 Å². The van der Waals surface area contributed by atoms with Crippen molar-refractivity contribution in [2.45, 2.75) is 43.4 Å². The first kappa shape index (κ1) is 17.9. The summed E-state index contributed by atoms with van der Waals surface area (Å²) in [7, 11) is 0. The summed E-state index contributed by atoms with van der Waals surface area (Å²) in [5.41, 5.74) is 2.78. The number of nitrogens with zero attached hydrogens (tertiary/aromatic N) is 1. The van der Waals surface area contributed by atoms with Gasteiger partial charge >= 0.3 is 0 Å². The molecule has 3 heteroatoms. The summed E-state index contributed by atoms with van der Waals surface area (Å²) in [5.74, 6) is 0.933. The second-order valence-electron chi connectivity index (χ2n) is 9.02. The number of hydrogen-bond donors (Lipinski definition) is 1. The molecule has 0 aromatic heterocycles. The van der Waals surface area contributed by atoms with Crippen LogP contribution in [0.2, 0.25) is 0 Å². The van der Waals surface area contributed by atoms with E-state index in [9.17, 15) is 4.79 Å². The SMILES string of the molecule is O=C(N1CCC2(CCNC[C@H]2c2ccccc2)CC1)C1(c2ccccc2)CC1. The van der Waals surface area contributed by atoms with Crippen molar-refractivity contribution in [1.29, 1.82) is 0 Å². The minimum atomic E-state index is -0.223. The first-order valence-electron chi connectivity index (χ1n) is 10.8. The molecule has 3 fully saturated rings. The van der Waals surface area contributed by atoms with Crippen LogP contribution in [0.4, 0.5) is 0 Å². The van der Waals surface area contributed by atoms with Crippen molar-refractivity contribution in [3.05, 3.63) is 71.8 Å². The number of nitrogens with one attached hydrogen (secondary N) is 1. The van der Waals surface area contributed by atoms with E-state index in [0.717, 1.165) is 51.9 Å². The zero-order valence-electron chi connectivity index (χ0n) is 16.6. The lowest BCUT2D eigenvalue weighted by atomic mass is 9.62. The molecule has 0 unspecified atom stereocenters. The highest BCUT2D eigenvalue weighted by atomic mass is 16.2. The summed E-state index contributed by atoms with van der Waals surface area (Å²) in [6, 6.07) is 21.4. The molecular weight excluding hydrogens is 344 g/mol. The topological polar surface area (TPSA) is 32.3 Å². The van der Waals surface area contributed by atoms with Crippen LogP contribution in [-0.4, -0.2) is 37.0 Å². The summed E-state index contributed by atoms with van der Waals surface area (Å²) < 4.78 is 0. The number of carbonyl (C=O) groups excluding carboxylic acids is 1. The molecular formula is C25H30N2O. The van der Waals surface area contributed by atoms with Gasteiger partial charge in [-0.25, -0.2) is 0 Å². The van der Waals surface area contributed by atoms with E-state index in [0.29, 0.717) is 17.2 Å². The highest BCUT2D eigenvalue weighted by Gasteiger charge is 2.54. The Hall–Kier alpha value is -2.13. The molecule has 2 aliphatic heterocycles. The molecule has 3 aliphatic rings. The first-order chi connectivity index (χ1) is 13.7. The Morgan fingerprint density at radius 1 is 0.857 bits per heavy atom. The quantitative estimate of drug-likeness (QED) is 0.877. The van der Waals surface area contributed by atoms with Crippen LogP contribution in [0.3, 0.4) is 0 Å². The van der Waals surface area contributed by atoms with E-state index in [1.165, 1.54) is 17.5 Å². The molecule has 2 aromatic carbocycles. The van der Waals surface area contributed by atoms with Gasteiger partial charge in [0.1, 0.15) is 0 Å². The molecule has 0 bridgehead atoms. The van der Waals surface area contributed by atoms with Crippen LogP contribution >= 0.6 is 0 Å². The third-order valence-electron chi connectivity index (χ3n) is 7.62. The minimum absolute atomic E-state index is 0.223. The van der Waals surface area contributed by atoms with E-state index < -0.39 is 0 Å². The molecule has 1 aliphatic carbocycles. The molecule has 2 saturated heterocycles. The largest absolute Gasteiger partial charge is 0.342 e. The minimum Gasteiger partial charge on any atom is -0.342 e. The molecule has 2 aromatic rings. The summed E-state index contributed by atoms with van der Waals surface area (Å²) in [5, 5.41) is 3.61. The number of rotatable bonds is 3. The number of piperidine rings is 2. The maximum atomic E-state index is 13.4. The van der Waals surface area contributed by atoms with Gasteiger partial charge in [0, 0.05) is 25.6 Å². The third-order valence-corrected chi connectivity index (χ3v) is 7.62. The van der Waals surface area contributed by atoms with Crippen LogP contribution in [0.25, 0.3) is 0 Å². The Balaban J connectivity index is 1.32. The second kappa shape index (κ2) is 7.04. The van der Waals surface area contributed by atoms with Crippen molar-refractivity contribution in [3.63, 3.8) is 0 Å². The maximum Gasteiger partial charge on any atom is 0.233 e. The van der Waals surface area contributed by atoms with Crippen molar-refractivity contribution in [2.24, 2.45) is 5.41 Å². The zero-order valence-corrected chi connectivity index (χ0v) is 16.6. The fourth-order valence-electron chi connectivity index (χ4n) is 5.70. The lowest BCUT2D eigenvalue weighted by Crippen LogP contribution is -2.52. The fraction of sp³-hybridized carbons (Fsp3) is 0.480. The smallest absolute Gasteiger partial charge is 0.233 e. The lowest BCUT2D eigenvalue weighted by Gasteiger charge is -2.50. The molecule has 1 saturated carbocycles. The summed E-state index contributed by atoms with van der Waals surface area (Å²) in [4.78, 5) is 15.6. The predicted octanol–water partition coefficient (Wildman–Crippen LogP) is 4.10.